The number of rotatable bonds is 4. The van der Waals surface area contributed by atoms with Gasteiger partial charge in [0.25, 0.3) is 5.56 Å². The molecule has 0 atom stereocenters. The van der Waals surface area contributed by atoms with E-state index in [1.807, 2.05) is 24.3 Å². The Hall–Kier alpha value is -2.50. The van der Waals surface area contributed by atoms with E-state index >= 15 is 0 Å². The van der Waals surface area contributed by atoms with E-state index in [1.54, 1.807) is 6.07 Å². The Morgan fingerprint density at radius 3 is 2.69 bits per heavy atom. The zero-order valence-electron chi connectivity index (χ0n) is 13.1. The monoisotopic (exact) mass is 433 g/mol. The first-order chi connectivity index (χ1) is 12.5. The first-order valence-corrected chi connectivity index (χ1v) is 9.13. The minimum Gasteiger partial charge on any atom is -0.300 e. The second-order valence-corrected chi connectivity index (χ2v) is 7.03. The van der Waals surface area contributed by atoms with E-state index in [0.29, 0.717) is 11.8 Å². The van der Waals surface area contributed by atoms with E-state index in [0.717, 1.165) is 22.2 Å². The van der Waals surface area contributed by atoms with Gasteiger partial charge >= 0.3 is 0 Å². The van der Waals surface area contributed by atoms with Crippen LogP contribution in [-0.4, -0.2) is 9.97 Å². The fourth-order valence-corrected chi connectivity index (χ4v) is 3.74. The average molecular weight is 434 g/mol. The van der Waals surface area contributed by atoms with Crippen molar-refractivity contribution in [2.45, 2.75) is 10.9 Å². The van der Waals surface area contributed by atoms with E-state index in [-0.39, 0.29) is 22.0 Å². The quantitative estimate of drug-likeness (QED) is 0.480. The summed E-state index contributed by atoms with van der Waals surface area (Å²) in [6.07, 6.45) is 0. The highest BCUT2D eigenvalue weighted by Crippen LogP contribution is 2.28. The maximum absolute atomic E-state index is 14.1. The van der Waals surface area contributed by atoms with Gasteiger partial charge in [0.1, 0.15) is 23.3 Å². The first-order valence-electron chi connectivity index (χ1n) is 7.35. The highest BCUT2D eigenvalue weighted by Gasteiger charge is 2.17. The molecule has 3 rings (SSSR count). The number of nitriles is 1. The number of hydrogen-bond acceptors (Lipinski definition) is 4. The molecule has 0 saturated carbocycles. The average Bonchev–Trinajstić information content (AvgIpc) is 2.60. The Morgan fingerprint density at radius 1 is 1.23 bits per heavy atom. The predicted octanol–water partition coefficient (Wildman–Crippen LogP) is 4.64. The number of hydrogen-bond donors (Lipinski definition) is 1. The van der Waals surface area contributed by atoms with Crippen LogP contribution in [0, 0.1) is 23.0 Å². The standard InChI is InChI=1S/C18H10BrF2N3OS/c19-14-4-2-1-3-10(14)9-26-18-23-16(13(8-22)17(25)24-18)12-6-5-11(20)7-15(12)21/h1-7H,9H2,(H,23,24,25). The van der Waals surface area contributed by atoms with Crippen molar-refractivity contribution in [2.24, 2.45) is 0 Å². The van der Waals surface area contributed by atoms with E-state index < -0.39 is 17.2 Å². The van der Waals surface area contributed by atoms with Crippen LogP contribution in [0.5, 0.6) is 0 Å². The maximum atomic E-state index is 14.1. The molecule has 130 valence electrons. The summed E-state index contributed by atoms with van der Waals surface area (Å²) < 4.78 is 28.2. The SMILES string of the molecule is N#Cc1c(-c2ccc(F)cc2F)nc(SCc2ccccc2Br)[nH]c1=O. The molecule has 2 aromatic carbocycles. The number of aromatic amines is 1. The summed E-state index contributed by atoms with van der Waals surface area (Å²) in [4.78, 5) is 18.9. The van der Waals surface area contributed by atoms with Crippen molar-refractivity contribution in [1.29, 1.82) is 5.26 Å². The van der Waals surface area contributed by atoms with E-state index in [9.17, 15) is 18.8 Å². The molecule has 1 aromatic heterocycles. The summed E-state index contributed by atoms with van der Waals surface area (Å²) in [5.41, 5.74) is -0.212. The van der Waals surface area contributed by atoms with Gasteiger partial charge in [-0.2, -0.15) is 5.26 Å². The lowest BCUT2D eigenvalue weighted by molar-refractivity contribution is 0.585. The smallest absolute Gasteiger partial charge is 0.270 e. The molecule has 0 unspecified atom stereocenters. The molecule has 8 heteroatoms. The van der Waals surface area contributed by atoms with Gasteiger partial charge in [-0.15, -0.1) is 0 Å². The van der Waals surface area contributed by atoms with Gasteiger partial charge < -0.3 is 4.98 Å². The topological polar surface area (TPSA) is 69.5 Å². The molecule has 0 aliphatic heterocycles. The molecule has 0 aliphatic carbocycles. The molecule has 0 amide bonds. The Balaban J connectivity index is 2.01. The lowest BCUT2D eigenvalue weighted by atomic mass is 10.1. The zero-order chi connectivity index (χ0) is 18.7. The van der Waals surface area contributed by atoms with Gasteiger partial charge in [0, 0.05) is 21.9 Å². The van der Waals surface area contributed by atoms with Crippen LogP contribution < -0.4 is 5.56 Å². The summed E-state index contributed by atoms with van der Waals surface area (Å²) >= 11 is 4.68. The van der Waals surface area contributed by atoms with Crippen LogP contribution in [-0.2, 0) is 5.75 Å². The molecule has 4 nitrogen and oxygen atoms in total. The molecule has 0 bridgehead atoms. The molecule has 0 spiro atoms. The molecule has 26 heavy (non-hydrogen) atoms. The lowest BCUT2D eigenvalue weighted by Crippen LogP contribution is -2.15. The molecule has 0 saturated heterocycles. The van der Waals surface area contributed by atoms with Crippen LogP contribution in [0.1, 0.15) is 11.1 Å². The molecular formula is C18H10BrF2N3OS. The van der Waals surface area contributed by atoms with Gasteiger partial charge in [-0.1, -0.05) is 45.9 Å². The molecule has 0 radical (unpaired) electrons. The molecule has 0 fully saturated rings. The number of H-pyrrole nitrogens is 1. The number of thioether (sulfide) groups is 1. The third-order valence-corrected chi connectivity index (χ3v) is 5.21. The largest absolute Gasteiger partial charge is 0.300 e. The van der Waals surface area contributed by atoms with E-state index in [4.69, 9.17) is 0 Å². The fraction of sp³-hybridized carbons (Fsp3) is 0.0556. The van der Waals surface area contributed by atoms with E-state index in [1.165, 1.54) is 11.8 Å². The molecular weight excluding hydrogens is 424 g/mol. The van der Waals surface area contributed by atoms with Gasteiger partial charge in [-0.25, -0.2) is 13.8 Å². The number of nitrogens with one attached hydrogen (secondary N) is 1. The fourth-order valence-electron chi connectivity index (χ4n) is 2.26. The summed E-state index contributed by atoms with van der Waals surface area (Å²) in [6.45, 7) is 0. The van der Waals surface area contributed by atoms with Gasteiger partial charge in [-0.3, -0.25) is 4.79 Å². The van der Waals surface area contributed by atoms with Crippen LogP contribution in [0.25, 0.3) is 11.3 Å². The molecule has 1 heterocycles. The Labute approximate surface area is 160 Å². The summed E-state index contributed by atoms with van der Waals surface area (Å²) in [5, 5.41) is 9.46. The second-order valence-electron chi connectivity index (χ2n) is 5.21. The molecule has 0 aliphatic rings. The highest BCUT2D eigenvalue weighted by molar-refractivity contribution is 9.10. The maximum Gasteiger partial charge on any atom is 0.270 e. The predicted molar refractivity (Wildman–Crippen MR) is 98.6 cm³/mol. The van der Waals surface area contributed by atoms with Crippen LogP contribution in [0.3, 0.4) is 0 Å². The van der Waals surface area contributed by atoms with Gasteiger partial charge in [0.05, 0.1) is 5.69 Å². The highest BCUT2D eigenvalue weighted by atomic mass is 79.9. The van der Waals surface area contributed by atoms with Crippen molar-refractivity contribution < 1.29 is 8.78 Å². The summed E-state index contributed by atoms with van der Waals surface area (Å²) in [5.74, 6) is -1.14. The third kappa shape index (κ3) is 3.84. The number of benzene rings is 2. The van der Waals surface area contributed by atoms with Crippen molar-refractivity contribution in [2.75, 3.05) is 0 Å². The van der Waals surface area contributed by atoms with Crippen molar-refractivity contribution in [3.05, 3.63) is 80.1 Å². The van der Waals surface area contributed by atoms with Crippen molar-refractivity contribution in [3.8, 4) is 17.3 Å². The zero-order valence-corrected chi connectivity index (χ0v) is 15.5. The van der Waals surface area contributed by atoms with Gasteiger partial charge in [-0.05, 0) is 23.8 Å². The number of nitrogens with zero attached hydrogens (tertiary/aromatic N) is 2. The normalized spacial score (nSPS) is 10.5. The Kier molecular flexibility index (Phi) is 5.49. The number of halogens is 3. The van der Waals surface area contributed by atoms with Crippen LogP contribution in [0.2, 0.25) is 0 Å². The minimum absolute atomic E-state index is 0.100. The lowest BCUT2D eigenvalue weighted by Gasteiger charge is -2.08. The molecule has 1 N–H and O–H groups in total. The molecule has 3 aromatic rings. The Morgan fingerprint density at radius 2 is 2.00 bits per heavy atom. The van der Waals surface area contributed by atoms with Crippen LogP contribution in [0.4, 0.5) is 8.78 Å². The minimum atomic E-state index is -0.888. The van der Waals surface area contributed by atoms with Crippen molar-refractivity contribution in [1.82, 2.24) is 9.97 Å². The van der Waals surface area contributed by atoms with Crippen LogP contribution >= 0.6 is 27.7 Å². The summed E-state index contributed by atoms with van der Waals surface area (Å²) in [7, 11) is 0. The van der Waals surface area contributed by atoms with E-state index in [2.05, 4.69) is 25.9 Å². The van der Waals surface area contributed by atoms with Crippen LogP contribution in [0.15, 0.2) is 56.9 Å². The Bertz CT molecular complexity index is 1080. The van der Waals surface area contributed by atoms with Gasteiger partial charge in [0.15, 0.2) is 5.16 Å². The summed E-state index contributed by atoms with van der Waals surface area (Å²) in [6, 6.07) is 12.2. The third-order valence-electron chi connectivity index (χ3n) is 3.52. The van der Waals surface area contributed by atoms with Gasteiger partial charge in [0.2, 0.25) is 0 Å². The number of aromatic nitrogens is 2. The van der Waals surface area contributed by atoms with Crippen molar-refractivity contribution >= 4 is 27.7 Å². The first kappa shape index (κ1) is 18.3. The second kappa shape index (κ2) is 7.81. The van der Waals surface area contributed by atoms with Crippen molar-refractivity contribution in [3.63, 3.8) is 0 Å².